The SMILES string of the molecule is CCCSc1ccc(N)c(NC(=O)c2ocnc2C)c1. The van der Waals surface area contributed by atoms with Gasteiger partial charge >= 0.3 is 0 Å². The largest absolute Gasteiger partial charge is 0.438 e. The highest BCUT2D eigenvalue weighted by Gasteiger charge is 2.15. The number of hydrogen-bond donors (Lipinski definition) is 2. The number of amides is 1. The van der Waals surface area contributed by atoms with Crippen LogP contribution in [0.5, 0.6) is 0 Å². The van der Waals surface area contributed by atoms with Crippen LogP contribution in [0.1, 0.15) is 29.6 Å². The summed E-state index contributed by atoms with van der Waals surface area (Å²) in [6, 6.07) is 5.62. The van der Waals surface area contributed by atoms with E-state index >= 15 is 0 Å². The number of aryl methyl sites for hydroxylation is 1. The first kappa shape index (κ1) is 14.5. The van der Waals surface area contributed by atoms with Gasteiger partial charge in [-0.2, -0.15) is 0 Å². The van der Waals surface area contributed by atoms with E-state index in [1.165, 1.54) is 6.39 Å². The van der Waals surface area contributed by atoms with Gasteiger partial charge in [-0.15, -0.1) is 11.8 Å². The number of hydrogen-bond acceptors (Lipinski definition) is 5. The summed E-state index contributed by atoms with van der Waals surface area (Å²) in [5, 5.41) is 2.76. The minimum absolute atomic E-state index is 0.205. The lowest BCUT2D eigenvalue weighted by molar-refractivity contribution is 0.0996. The van der Waals surface area contributed by atoms with Gasteiger partial charge in [0, 0.05) is 4.90 Å². The number of nitrogen functional groups attached to an aromatic ring is 1. The average molecular weight is 291 g/mol. The second kappa shape index (κ2) is 6.47. The van der Waals surface area contributed by atoms with Gasteiger partial charge in [-0.25, -0.2) is 4.98 Å². The van der Waals surface area contributed by atoms with Crippen molar-refractivity contribution >= 4 is 29.0 Å². The molecule has 3 N–H and O–H groups in total. The van der Waals surface area contributed by atoms with E-state index < -0.39 is 0 Å². The molecule has 1 aromatic heterocycles. The van der Waals surface area contributed by atoms with Gasteiger partial charge in [-0.3, -0.25) is 4.79 Å². The number of anilines is 2. The summed E-state index contributed by atoms with van der Waals surface area (Å²) >= 11 is 1.73. The predicted octanol–water partition coefficient (Wildman–Crippen LogP) is 3.32. The van der Waals surface area contributed by atoms with Crippen LogP contribution in [0.15, 0.2) is 33.9 Å². The fourth-order valence-electron chi connectivity index (χ4n) is 1.65. The first-order valence-electron chi connectivity index (χ1n) is 6.35. The Morgan fingerprint density at radius 1 is 1.50 bits per heavy atom. The molecule has 0 radical (unpaired) electrons. The summed E-state index contributed by atoms with van der Waals surface area (Å²) in [5.74, 6) is 0.888. The third kappa shape index (κ3) is 3.33. The van der Waals surface area contributed by atoms with Gasteiger partial charge in [0.05, 0.1) is 17.1 Å². The lowest BCUT2D eigenvalue weighted by Gasteiger charge is -2.09. The Kier molecular flexibility index (Phi) is 4.68. The number of carbonyl (C=O) groups excluding carboxylic acids is 1. The molecule has 0 saturated heterocycles. The molecule has 0 unspecified atom stereocenters. The molecule has 0 bridgehead atoms. The van der Waals surface area contributed by atoms with E-state index in [-0.39, 0.29) is 11.7 Å². The second-order valence-corrected chi connectivity index (χ2v) is 5.49. The number of aromatic nitrogens is 1. The molecule has 0 atom stereocenters. The fraction of sp³-hybridized carbons (Fsp3) is 0.286. The minimum Gasteiger partial charge on any atom is -0.438 e. The van der Waals surface area contributed by atoms with Crippen molar-refractivity contribution in [3.63, 3.8) is 0 Å². The highest BCUT2D eigenvalue weighted by atomic mass is 32.2. The number of benzene rings is 1. The third-order valence-corrected chi connectivity index (χ3v) is 3.90. The van der Waals surface area contributed by atoms with Crippen LogP contribution in [-0.2, 0) is 0 Å². The molecule has 20 heavy (non-hydrogen) atoms. The standard InChI is InChI=1S/C14H17N3O2S/c1-3-6-20-10-4-5-11(15)12(7-10)17-14(18)13-9(2)16-8-19-13/h4-5,7-8H,3,6,15H2,1-2H3,(H,17,18). The van der Waals surface area contributed by atoms with Crippen LogP contribution >= 0.6 is 11.8 Å². The smallest absolute Gasteiger partial charge is 0.293 e. The van der Waals surface area contributed by atoms with Crippen molar-refractivity contribution in [2.24, 2.45) is 0 Å². The van der Waals surface area contributed by atoms with Gasteiger partial charge in [-0.1, -0.05) is 6.92 Å². The Hall–Kier alpha value is -1.95. The first-order valence-corrected chi connectivity index (χ1v) is 7.34. The number of nitrogens with one attached hydrogen (secondary N) is 1. The Morgan fingerprint density at radius 3 is 2.95 bits per heavy atom. The molecule has 0 spiro atoms. The Balaban J connectivity index is 2.16. The van der Waals surface area contributed by atoms with Crippen LogP contribution in [0.25, 0.3) is 0 Å². The van der Waals surface area contributed by atoms with E-state index in [2.05, 4.69) is 17.2 Å². The topological polar surface area (TPSA) is 81.1 Å². The van der Waals surface area contributed by atoms with Crippen LogP contribution in [-0.4, -0.2) is 16.6 Å². The van der Waals surface area contributed by atoms with Crippen molar-refractivity contribution in [1.82, 2.24) is 4.98 Å². The quantitative estimate of drug-likeness (QED) is 0.652. The molecule has 0 aliphatic heterocycles. The Bertz CT molecular complexity index is 610. The van der Waals surface area contributed by atoms with Crippen molar-refractivity contribution < 1.29 is 9.21 Å². The van der Waals surface area contributed by atoms with Gasteiger partial charge in [0.2, 0.25) is 5.76 Å². The molecular weight excluding hydrogens is 274 g/mol. The van der Waals surface area contributed by atoms with Crippen LogP contribution < -0.4 is 11.1 Å². The van der Waals surface area contributed by atoms with E-state index in [0.717, 1.165) is 17.1 Å². The van der Waals surface area contributed by atoms with Gasteiger partial charge in [0.25, 0.3) is 5.91 Å². The summed E-state index contributed by atoms with van der Waals surface area (Å²) < 4.78 is 5.06. The molecule has 1 amide bonds. The summed E-state index contributed by atoms with van der Waals surface area (Å²) in [6.45, 7) is 3.84. The zero-order chi connectivity index (χ0) is 14.5. The Morgan fingerprint density at radius 2 is 2.30 bits per heavy atom. The maximum absolute atomic E-state index is 12.1. The van der Waals surface area contributed by atoms with E-state index in [1.54, 1.807) is 24.8 Å². The van der Waals surface area contributed by atoms with E-state index in [9.17, 15) is 4.79 Å². The fourth-order valence-corrected chi connectivity index (χ4v) is 2.46. The van der Waals surface area contributed by atoms with Gasteiger partial charge in [0.1, 0.15) is 0 Å². The number of carbonyl (C=O) groups is 1. The third-order valence-electron chi connectivity index (χ3n) is 2.70. The number of thioether (sulfide) groups is 1. The number of oxazole rings is 1. The van der Waals surface area contributed by atoms with Crippen molar-refractivity contribution in [2.75, 3.05) is 16.8 Å². The van der Waals surface area contributed by atoms with E-state index in [1.807, 2.05) is 12.1 Å². The molecule has 1 heterocycles. The molecular formula is C14H17N3O2S. The summed E-state index contributed by atoms with van der Waals surface area (Å²) in [4.78, 5) is 17.0. The molecule has 0 aliphatic rings. The number of rotatable bonds is 5. The first-order chi connectivity index (χ1) is 9.61. The zero-order valence-electron chi connectivity index (χ0n) is 11.5. The van der Waals surface area contributed by atoms with Crippen LogP contribution in [0.3, 0.4) is 0 Å². The monoisotopic (exact) mass is 291 g/mol. The highest BCUT2D eigenvalue weighted by Crippen LogP contribution is 2.27. The summed E-state index contributed by atoms with van der Waals surface area (Å²) in [6.07, 6.45) is 2.34. The summed E-state index contributed by atoms with van der Waals surface area (Å²) in [5.41, 5.74) is 7.56. The average Bonchev–Trinajstić information content (AvgIpc) is 2.86. The van der Waals surface area contributed by atoms with Crippen molar-refractivity contribution in [3.8, 4) is 0 Å². The summed E-state index contributed by atoms with van der Waals surface area (Å²) in [7, 11) is 0. The molecule has 2 aromatic rings. The molecule has 2 rings (SSSR count). The van der Waals surface area contributed by atoms with Gasteiger partial charge < -0.3 is 15.5 Å². The molecule has 5 nitrogen and oxygen atoms in total. The van der Waals surface area contributed by atoms with Gasteiger partial charge in [-0.05, 0) is 37.3 Å². The molecule has 0 aliphatic carbocycles. The maximum Gasteiger partial charge on any atom is 0.293 e. The van der Waals surface area contributed by atoms with Crippen molar-refractivity contribution in [1.29, 1.82) is 0 Å². The van der Waals surface area contributed by atoms with Crippen LogP contribution in [0, 0.1) is 6.92 Å². The Labute approximate surface area is 122 Å². The lowest BCUT2D eigenvalue weighted by atomic mass is 10.2. The normalized spacial score (nSPS) is 10.5. The zero-order valence-corrected chi connectivity index (χ0v) is 12.3. The molecule has 0 fully saturated rings. The molecule has 106 valence electrons. The van der Waals surface area contributed by atoms with Crippen LogP contribution in [0.4, 0.5) is 11.4 Å². The molecule has 6 heteroatoms. The lowest BCUT2D eigenvalue weighted by Crippen LogP contribution is -2.13. The molecule has 0 saturated carbocycles. The van der Waals surface area contributed by atoms with Crippen molar-refractivity contribution in [2.45, 2.75) is 25.2 Å². The highest BCUT2D eigenvalue weighted by molar-refractivity contribution is 7.99. The van der Waals surface area contributed by atoms with Crippen molar-refractivity contribution in [3.05, 3.63) is 36.0 Å². The van der Waals surface area contributed by atoms with E-state index in [4.69, 9.17) is 10.2 Å². The molecule has 1 aromatic carbocycles. The second-order valence-electron chi connectivity index (χ2n) is 4.32. The predicted molar refractivity (Wildman–Crippen MR) is 81.1 cm³/mol. The number of nitrogens with two attached hydrogens (primary N) is 1. The van der Waals surface area contributed by atoms with Gasteiger partial charge in [0.15, 0.2) is 6.39 Å². The maximum atomic E-state index is 12.1. The minimum atomic E-state index is -0.343. The van der Waals surface area contributed by atoms with Crippen LogP contribution in [0.2, 0.25) is 0 Å². The number of nitrogens with zero attached hydrogens (tertiary/aromatic N) is 1. The van der Waals surface area contributed by atoms with E-state index in [0.29, 0.717) is 17.1 Å².